The smallest absolute Gasteiger partial charge is 0.295 e. The highest BCUT2D eigenvalue weighted by Crippen LogP contribution is 2.31. The van der Waals surface area contributed by atoms with Crippen LogP contribution in [0, 0.1) is 0 Å². The summed E-state index contributed by atoms with van der Waals surface area (Å²) in [6.45, 7) is 2.09. The lowest BCUT2D eigenvalue weighted by Crippen LogP contribution is -2.49. The van der Waals surface area contributed by atoms with Gasteiger partial charge in [-0.15, -0.1) is 0 Å². The third-order valence-corrected chi connectivity index (χ3v) is 4.94. The van der Waals surface area contributed by atoms with E-state index in [4.69, 9.17) is 21.1 Å². The van der Waals surface area contributed by atoms with Crippen LogP contribution >= 0.6 is 11.6 Å². The molecular formula is C17H17ClN2O4. The summed E-state index contributed by atoms with van der Waals surface area (Å²) >= 11 is 5.95. The van der Waals surface area contributed by atoms with Crippen LogP contribution < -0.4 is 0 Å². The maximum absolute atomic E-state index is 12.6. The molecule has 2 aliphatic heterocycles. The van der Waals surface area contributed by atoms with Crippen molar-refractivity contribution in [3.63, 3.8) is 0 Å². The minimum atomic E-state index is -0.558. The molecule has 4 rings (SSSR count). The number of Topliss-reactive ketones (excluding diaryl/α,β-unsaturated/α-hetero) is 1. The predicted molar refractivity (Wildman–Crippen MR) is 88.1 cm³/mol. The molecule has 1 aromatic carbocycles. The van der Waals surface area contributed by atoms with Gasteiger partial charge in [-0.1, -0.05) is 17.7 Å². The van der Waals surface area contributed by atoms with Gasteiger partial charge in [-0.05, 0) is 12.1 Å². The zero-order chi connectivity index (χ0) is 16.7. The molecule has 0 radical (unpaired) electrons. The van der Waals surface area contributed by atoms with Gasteiger partial charge in [0.1, 0.15) is 0 Å². The number of halogens is 1. The highest BCUT2D eigenvalue weighted by molar-refractivity contribution is 6.45. The summed E-state index contributed by atoms with van der Waals surface area (Å²) in [5, 5.41) is 1.28. The van der Waals surface area contributed by atoms with E-state index in [1.165, 1.54) is 0 Å². The van der Waals surface area contributed by atoms with Gasteiger partial charge in [-0.2, -0.15) is 0 Å². The number of carbonyl (C=O) groups is 2. The van der Waals surface area contributed by atoms with E-state index in [0.717, 1.165) is 5.52 Å². The number of ketones is 1. The summed E-state index contributed by atoms with van der Waals surface area (Å²) in [5.41, 5.74) is 1.12. The first-order valence-electron chi connectivity index (χ1n) is 7.96. The number of nitrogens with one attached hydrogen (secondary N) is 1. The van der Waals surface area contributed by atoms with Crippen molar-refractivity contribution < 1.29 is 19.1 Å². The molecule has 126 valence electrons. The van der Waals surface area contributed by atoms with Crippen LogP contribution in [0.15, 0.2) is 24.4 Å². The number of likely N-dealkylation sites (tertiary alicyclic amines) is 1. The highest BCUT2D eigenvalue weighted by Gasteiger charge is 2.41. The molecule has 0 unspecified atom stereocenters. The number of amides is 1. The molecule has 1 N–H and O–H groups in total. The van der Waals surface area contributed by atoms with E-state index in [0.29, 0.717) is 55.1 Å². The first-order chi connectivity index (χ1) is 11.6. The number of hydrogen-bond acceptors (Lipinski definition) is 4. The number of benzene rings is 1. The van der Waals surface area contributed by atoms with Crippen molar-refractivity contribution in [3.8, 4) is 0 Å². The van der Waals surface area contributed by atoms with Crippen LogP contribution in [0.4, 0.5) is 0 Å². The monoisotopic (exact) mass is 348 g/mol. The number of hydrogen-bond donors (Lipinski definition) is 1. The minimum Gasteiger partial charge on any atom is -0.360 e. The third-order valence-electron chi connectivity index (χ3n) is 4.71. The SMILES string of the molecule is O=C(C(=O)N1CCC2(CC1)OCCO2)c1c[nH]c2cc(Cl)ccc12. The van der Waals surface area contributed by atoms with Gasteiger partial charge in [0, 0.05) is 48.1 Å². The minimum absolute atomic E-state index is 0.375. The molecule has 0 atom stereocenters. The molecule has 2 aromatic rings. The Labute approximate surface area is 143 Å². The Bertz CT molecular complexity index is 800. The number of aromatic nitrogens is 1. The Morgan fingerprint density at radius 2 is 1.88 bits per heavy atom. The van der Waals surface area contributed by atoms with Crippen LogP contribution in [0.25, 0.3) is 10.9 Å². The zero-order valence-corrected chi connectivity index (χ0v) is 13.8. The van der Waals surface area contributed by atoms with Crippen molar-refractivity contribution in [2.24, 2.45) is 0 Å². The normalized spacial score (nSPS) is 20.0. The number of ether oxygens (including phenoxy) is 2. The van der Waals surface area contributed by atoms with E-state index >= 15 is 0 Å². The largest absolute Gasteiger partial charge is 0.360 e. The fourth-order valence-corrected chi connectivity index (χ4v) is 3.55. The first kappa shape index (κ1) is 15.6. The summed E-state index contributed by atoms with van der Waals surface area (Å²) in [4.78, 5) is 29.7. The molecule has 24 heavy (non-hydrogen) atoms. The Hall–Kier alpha value is -1.89. The molecule has 6 nitrogen and oxygen atoms in total. The fourth-order valence-electron chi connectivity index (χ4n) is 3.38. The molecule has 1 amide bonds. The number of fused-ring (bicyclic) bond motifs is 1. The van der Waals surface area contributed by atoms with E-state index in [1.54, 1.807) is 29.3 Å². The maximum Gasteiger partial charge on any atom is 0.295 e. The molecule has 3 heterocycles. The van der Waals surface area contributed by atoms with Gasteiger partial charge in [-0.25, -0.2) is 0 Å². The average Bonchev–Trinajstić information content (AvgIpc) is 3.21. The molecule has 2 fully saturated rings. The van der Waals surface area contributed by atoms with Gasteiger partial charge >= 0.3 is 0 Å². The molecule has 7 heteroatoms. The van der Waals surface area contributed by atoms with Crippen molar-refractivity contribution in [1.82, 2.24) is 9.88 Å². The van der Waals surface area contributed by atoms with Gasteiger partial charge in [0.25, 0.3) is 11.7 Å². The number of aromatic amines is 1. The molecule has 0 saturated carbocycles. The average molecular weight is 349 g/mol. The Balaban J connectivity index is 1.51. The van der Waals surface area contributed by atoms with Crippen molar-refractivity contribution >= 4 is 34.2 Å². The lowest BCUT2D eigenvalue weighted by molar-refractivity contribution is -0.186. The van der Waals surface area contributed by atoms with Gasteiger partial charge in [0.05, 0.1) is 18.8 Å². The van der Waals surface area contributed by atoms with Gasteiger partial charge in [0.15, 0.2) is 5.79 Å². The lowest BCUT2D eigenvalue weighted by atomic mass is 10.0. The Kier molecular flexibility index (Phi) is 3.83. The second-order valence-electron chi connectivity index (χ2n) is 6.12. The predicted octanol–water partition coefficient (Wildman–Crippen LogP) is 2.37. The summed E-state index contributed by atoms with van der Waals surface area (Å²) < 4.78 is 11.3. The number of carbonyl (C=O) groups excluding carboxylic acids is 2. The van der Waals surface area contributed by atoms with Gasteiger partial charge in [0.2, 0.25) is 0 Å². The van der Waals surface area contributed by atoms with Gasteiger partial charge < -0.3 is 19.4 Å². The van der Waals surface area contributed by atoms with Crippen LogP contribution in [0.5, 0.6) is 0 Å². The molecule has 2 saturated heterocycles. The maximum atomic E-state index is 12.6. The van der Waals surface area contributed by atoms with Crippen molar-refractivity contribution in [3.05, 3.63) is 35.0 Å². The first-order valence-corrected chi connectivity index (χ1v) is 8.34. The summed E-state index contributed by atoms with van der Waals surface area (Å²) in [5.74, 6) is -1.55. The van der Waals surface area contributed by atoms with Crippen molar-refractivity contribution in [2.75, 3.05) is 26.3 Å². The second kappa shape index (κ2) is 5.88. The summed E-state index contributed by atoms with van der Waals surface area (Å²) in [6.07, 6.45) is 2.75. The fraction of sp³-hybridized carbons (Fsp3) is 0.412. The van der Waals surface area contributed by atoms with E-state index in [-0.39, 0.29) is 0 Å². The molecule has 0 bridgehead atoms. The lowest BCUT2D eigenvalue weighted by Gasteiger charge is -2.37. The van der Waals surface area contributed by atoms with E-state index < -0.39 is 17.5 Å². The number of piperidine rings is 1. The van der Waals surface area contributed by atoms with E-state index in [9.17, 15) is 9.59 Å². The summed E-state index contributed by atoms with van der Waals surface area (Å²) in [7, 11) is 0. The molecule has 2 aliphatic rings. The standard InChI is InChI=1S/C17H17ClN2O4/c18-11-1-2-12-13(10-19-14(12)9-11)15(21)16(22)20-5-3-17(4-6-20)23-7-8-24-17/h1-2,9-10,19H,3-8H2. The van der Waals surface area contributed by atoms with Gasteiger partial charge in [-0.3, -0.25) is 9.59 Å². The van der Waals surface area contributed by atoms with Crippen LogP contribution in [0.3, 0.4) is 0 Å². The van der Waals surface area contributed by atoms with Crippen LogP contribution in [-0.4, -0.2) is 53.7 Å². The number of H-pyrrole nitrogens is 1. The third kappa shape index (κ3) is 2.60. The second-order valence-corrected chi connectivity index (χ2v) is 6.56. The molecular weight excluding hydrogens is 332 g/mol. The van der Waals surface area contributed by atoms with Crippen molar-refractivity contribution in [1.29, 1.82) is 0 Å². The topological polar surface area (TPSA) is 71.6 Å². The number of rotatable bonds is 2. The molecule has 1 aromatic heterocycles. The van der Waals surface area contributed by atoms with E-state index in [2.05, 4.69) is 4.98 Å². The van der Waals surface area contributed by atoms with Crippen molar-refractivity contribution in [2.45, 2.75) is 18.6 Å². The van der Waals surface area contributed by atoms with Crippen LogP contribution in [-0.2, 0) is 14.3 Å². The Morgan fingerprint density at radius 1 is 1.17 bits per heavy atom. The van der Waals surface area contributed by atoms with E-state index in [1.807, 2.05) is 0 Å². The molecule has 1 spiro atoms. The highest BCUT2D eigenvalue weighted by atomic mass is 35.5. The number of nitrogens with zero attached hydrogens (tertiary/aromatic N) is 1. The van der Waals surface area contributed by atoms with Crippen LogP contribution in [0.1, 0.15) is 23.2 Å². The Morgan fingerprint density at radius 3 is 2.58 bits per heavy atom. The zero-order valence-electron chi connectivity index (χ0n) is 13.0. The quantitative estimate of drug-likeness (QED) is 0.668. The molecule has 0 aliphatic carbocycles. The summed E-state index contributed by atoms with van der Waals surface area (Å²) in [6, 6.07) is 5.19. The van der Waals surface area contributed by atoms with Crippen LogP contribution in [0.2, 0.25) is 5.02 Å².